The van der Waals surface area contributed by atoms with E-state index in [1.165, 1.54) is 25.1 Å². The minimum Gasteiger partial charge on any atom is -0.392 e. The molecule has 7 N–H and O–H groups in total. The molecule has 1 aliphatic heterocycles. The van der Waals surface area contributed by atoms with Crippen LogP contribution in [0.2, 0.25) is 0 Å². The molecule has 16 nitrogen and oxygen atoms in total. The fraction of sp³-hybridized carbons (Fsp3) is 0.421. The lowest BCUT2D eigenvalue weighted by atomic mass is 10.1. The maximum Gasteiger partial charge on any atom is 0.479 e. The highest BCUT2D eigenvalue weighted by atomic mass is 31.3. The normalized spacial score (nSPS) is 24.8. The number of hydrogen-bond acceptors (Lipinski definition) is 11. The van der Waals surface area contributed by atoms with Gasteiger partial charge in [-0.25, -0.2) is 13.7 Å². The molecule has 2 aromatic rings. The fourth-order valence-electron chi connectivity index (χ4n) is 3.53. The maximum absolute atomic E-state index is 12.5. The summed E-state index contributed by atoms with van der Waals surface area (Å²) in [7, 11) is -10.1. The summed E-state index contributed by atoms with van der Waals surface area (Å²) in [6.45, 7) is -0.204. The average molecular weight is 565 g/mol. The van der Waals surface area contributed by atoms with E-state index in [-0.39, 0.29) is 17.0 Å². The Balaban J connectivity index is 1.65. The number of aromatic nitrogens is 2. The number of H-pyrrole nitrogens is 1. The van der Waals surface area contributed by atoms with Gasteiger partial charge in [-0.15, -0.1) is 0 Å². The van der Waals surface area contributed by atoms with Crippen LogP contribution < -0.4 is 16.6 Å². The zero-order chi connectivity index (χ0) is 27.5. The van der Waals surface area contributed by atoms with Gasteiger partial charge in [-0.3, -0.25) is 28.2 Å². The van der Waals surface area contributed by atoms with E-state index in [1.807, 2.05) is 4.98 Å². The zero-order valence-electron chi connectivity index (χ0n) is 19.2. The first-order valence-electron chi connectivity index (χ1n) is 10.5. The molecule has 1 aliphatic rings. The van der Waals surface area contributed by atoms with Crippen LogP contribution >= 0.6 is 15.4 Å². The van der Waals surface area contributed by atoms with Crippen LogP contribution in [0.15, 0.2) is 40.1 Å². The maximum atomic E-state index is 12.5. The minimum atomic E-state index is -5.23. The molecule has 1 fully saturated rings. The van der Waals surface area contributed by atoms with Crippen LogP contribution in [0.1, 0.15) is 24.3 Å². The van der Waals surface area contributed by atoms with Gasteiger partial charge in [0.15, 0.2) is 6.23 Å². The van der Waals surface area contributed by atoms with Crippen LogP contribution in [-0.2, 0) is 40.3 Å². The zero-order valence-corrected chi connectivity index (χ0v) is 21.0. The number of amides is 1. The molecule has 1 amide bonds. The molecule has 2 heterocycles. The number of rotatable bonds is 10. The smallest absolute Gasteiger partial charge is 0.392 e. The van der Waals surface area contributed by atoms with Crippen molar-refractivity contribution >= 4 is 27.0 Å². The highest BCUT2D eigenvalue weighted by molar-refractivity contribution is 7.63. The first kappa shape index (κ1) is 29.1. The van der Waals surface area contributed by atoms with Gasteiger partial charge in [-0.1, -0.05) is 6.07 Å². The molecule has 1 aromatic carbocycles. The molecule has 37 heavy (non-hydrogen) atoms. The van der Waals surface area contributed by atoms with E-state index in [2.05, 4.69) is 14.2 Å². The fourth-order valence-corrected chi connectivity index (χ4v) is 6.31. The van der Waals surface area contributed by atoms with E-state index in [0.29, 0.717) is 5.69 Å². The molecule has 3 unspecified atom stereocenters. The van der Waals surface area contributed by atoms with Crippen molar-refractivity contribution < 1.29 is 52.6 Å². The summed E-state index contributed by atoms with van der Waals surface area (Å²) in [6.07, 6.45) is -6.14. The van der Waals surface area contributed by atoms with E-state index >= 15 is 0 Å². The number of benzene rings is 1. The molecule has 0 saturated carbocycles. The van der Waals surface area contributed by atoms with Gasteiger partial charge in [0.1, 0.15) is 18.3 Å². The van der Waals surface area contributed by atoms with Crippen molar-refractivity contribution in [2.75, 3.05) is 11.9 Å². The van der Waals surface area contributed by atoms with Gasteiger partial charge in [0.25, 0.3) is 5.56 Å². The van der Waals surface area contributed by atoms with Gasteiger partial charge in [0, 0.05) is 24.9 Å². The quantitative estimate of drug-likeness (QED) is 0.173. The molecule has 0 radical (unpaired) electrons. The lowest BCUT2D eigenvalue weighted by Gasteiger charge is -2.20. The van der Waals surface area contributed by atoms with E-state index in [1.54, 1.807) is 0 Å². The largest absolute Gasteiger partial charge is 0.479 e. The van der Waals surface area contributed by atoms with Crippen molar-refractivity contribution in [2.45, 2.75) is 44.2 Å². The number of nitrogens with one attached hydrogen (secondary N) is 2. The molecular weight excluding hydrogens is 540 g/mol. The third-order valence-corrected chi connectivity index (χ3v) is 8.22. The first-order chi connectivity index (χ1) is 17.2. The molecule has 3 rings (SSSR count). The van der Waals surface area contributed by atoms with Crippen LogP contribution in [0.3, 0.4) is 0 Å². The number of phosphoric acid groups is 1. The minimum absolute atomic E-state index is 0.0919. The number of phosphoric ester groups is 1. The van der Waals surface area contributed by atoms with Gasteiger partial charge in [0.2, 0.25) is 5.91 Å². The predicted molar refractivity (Wildman–Crippen MR) is 124 cm³/mol. The van der Waals surface area contributed by atoms with E-state index in [0.717, 1.165) is 16.8 Å². The number of carbonyl (C=O) groups excluding carboxylic acids is 1. The van der Waals surface area contributed by atoms with E-state index < -0.39 is 70.6 Å². The second kappa shape index (κ2) is 11.5. The van der Waals surface area contributed by atoms with Crippen molar-refractivity contribution in [1.29, 1.82) is 0 Å². The Morgan fingerprint density at radius 1 is 1.16 bits per heavy atom. The summed E-state index contributed by atoms with van der Waals surface area (Å²) in [5.74, 6) is -0.382. The van der Waals surface area contributed by atoms with Crippen molar-refractivity contribution in [3.63, 3.8) is 0 Å². The number of aliphatic hydroxyl groups is 3. The van der Waals surface area contributed by atoms with Gasteiger partial charge in [-0.2, -0.15) is 0 Å². The van der Waals surface area contributed by atoms with Crippen LogP contribution in [0.25, 0.3) is 0 Å². The second-order valence-electron chi connectivity index (χ2n) is 8.03. The molecule has 0 aliphatic carbocycles. The summed E-state index contributed by atoms with van der Waals surface area (Å²) in [4.78, 5) is 56.4. The number of ether oxygens (including phenoxy) is 1. The van der Waals surface area contributed by atoms with Crippen molar-refractivity contribution in [2.24, 2.45) is 0 Å². The van der Waals surface area contributed by atoms with E-state index in [4.69, 9.17) is 4.74 Å². The molecule has 0 bridgehead atoms. The second-order valence-corrected chi connectivity index (χ2v) is 11.5. The molecular formula is C19H25N3O13P2. The third kappa shape index (κ3) is 7.52. The third-order valence-electron chi connectivity index (χ3n) is 5.16. The average Bonchev–Trinajstić information content (AvgIpc) is 3.06. The van der Waals surface area contributed by atoms with Crippen molar-refractivity contribution in [3.05, 3.63) is 62.4 Å². The first-order valence-corrected chi connectivity index (χ1v) is 13.8. The molecule has 0 spiro atoms. The van der Waals surface area contributed by atoms with Crippen LogP contribution in [0.5, 0.6) is 0 Å². The molecule has 18 heteroatoms. The summed E-state index contributed by atoms with van der Waals surface area (Å²) >= 11 is 0. The van der Waals surface area contributed by atoms with Crippen molar-refractivity contribution in [1.82, 2.24) is 9.55 Å². The van der Waals surface area contributed by atoms with Gasteiger partial charge >= 0.3 is 21.1 Å². The van der Waals surface area contributed by atoms with Gasteiger partial charge in [0.05, 0.1) is 19.4 Å². The lowest BCUT2D eigenvalue weighted by molar-refractivity contribution is -0.114. The summed E-state index contributed by atoms with van der Waals surface area (Å²) in [6, 6.07) is 5.02. The Morgan fingerprint density at radius 3 is 2.49 bits per heavy atom. The molecule has 204 valence electrons. The Hall–Kier alpha value is -2.49. The summed E-state index contributed by atoms with van der Waals surface area (Å²) < 4.78 is 40.1. The number of aromatic amines is 1. The lowest BCUT2D eigenvalue weighted by Crippen LogP contribution is -2.37. The van der Waals surface area contributed by atoms with Gasteiger partial charge in [-0.05, 0) is 23.3 Å². The van der Waals surface area contributed by atoms with Crippen LogP contribution in [0.4, 0.5) is 5.69 Å². The predicted octanol–water partition coefficient (Wildman–Crippen LogP) is -0.874. The highest BCUT2D eigenvalue weighted by Gasteiger charge is 2.45. The molecule has 6 atom stereocenters. The SMILES string of the molecule is CC(=O)Nc1ccc(CP(=O)(O)OP(=O)(O)OC[C@H]2O[C@@H](n3ccc(=O)[nH]c3=O)[C@@H](O)C2O)c(CO)c1. The highest BCUT2D eigenvalue weighted by Crippen LogP contribution is 2.61. The van der Waals surface area contributed by atoms with Crippen LogP contribution in [0, 0.1) is 0 Å². The number of aliphatic hydroxyl groups excluding tert-OH is 3. The number of hydrogen-bond donors (Lipinski definition) is 7. The topological polar surface area (TPSA) is 247 Å². The standard InChI is InChI=1S/C19H25N3O13P2/c1-10(24)20-13-3-2-11(12(6-13)7-23)9-36(29,30)35-37(31,32)33-8-14-16(26)17(27)18(34-14)22-5-4-15(25)21-19(22)28/h2-6,14,16-18,23,26-27H,7-9H2,1H3,(H,20,24)(H,29,30)(H,31,32)(H,21,25,28)/t14-,16?,17+,18-/m1/s1. The number of nitrogens with zero attached hydrogens (tertiary/aromatic N) is 1. The van der Waals surface area contributed by atoms with Gasteiger partial charge < -0.3 is 35.2 Å². The number of carbonyl (C=O) groups is 1. The van der Waals surface area contributed by atoms with Crippen molar-refractivity contribution in [3.8, 4) is 0 Å². The Bertz CT molecular complexity index is 1360. The Morgan fingerprint density at radius 2 is 1.86 bits per heavy atom. The van der Waals surface area contributed by atoms with Crippen LogP contribution in [-0.4, -0.2) is 65.5 Å². The monoisotopic (exact) mass is 565 g/mol. The summed E-state index contributed by atoms with van der Waals surface area (Å²) in [5.41, 5.74) is -1.11. The van der Waals surface area contributed by atoms with E-state index in [9.17, 15) is 48.6 Å². The Labute approximate surface area is 208 Å². The molecule has 1 saturated heterocycles. The Kier molecular flexibility index (Phi) is 9.03. The molecule has 1 aromatic heterocycles. The summed E-state index contributed by atoms with van der Waals surface area (Å²) in [5, 5.41) is 32.4. The number of anilines is 1.